The minimum absolute atomic E-state index is 0.0352. The van der Waals surface area contributed by atoms with E-state index in [1.54, 1.807) is 6.07 Å². The molecule has 0 aromatic heterocycles. The SMILES string of the molecule is N#Cc1cc(F)ccc1NCc1cc(F)c(F)cc1F. The van der Waals surface area contributed by atoms with Gasteiger partial charge in [-0.1, -0.05) is 0 Å². The van der Waals surface area contributed by atoms with Gasteiger partial charge >= 0.3 is 0 Å². The summed E-state index contributed by atoms with van der Waals surface area (Å²) in [4.78, 5) is 0. The van der Waals surface area contributed by atoms with Gasteiger partial charge in [0.15, 0.2) is 11.6 Å². The second-order valence-electron chi connectivity index (χ2n) is 4.01. The molecule has 6 heteroatoms. The number of rotatable bonds is 3. The predicted molar refractivity (Wildman–Crippen MR) is 64.8 cm³/mol. The molecule has 0 amide bonds. The van der Waals surface area contributed by atoms with Gasteiger partial charge in [0.2, 0.25) is 0 Å². The maximum Gasteiger partial charge on any atom is 0.161 e. The highest BCUT2D eigenvalue weighted by atomic mass is 19.2. The fourth-order valence-corrected chi connectivity index (χ4v) is 1.65. The fraction of sp³-hybridized carbons (Fsp3) is 0.0714. The van der Waals surface area contributed by atoms with Crippen molar-refractivity contribution < 1.29 is 17.6 Å². The van der Waals surface area contributed by atoms with Gasteiger partial charge in [0.25, 0.3) is 0 Å². The Balaban J connectivity index is 2.21. The van der Waals surface area contributed by atoms with Gasteiger partial charge in [-0.3, -0.25) is 0 Å². The molecule has 0 spiro atoms. The zero-order valence-electron chi connectivity index (χ0n) is 10.1. The van der Waals surface area contributed by atoms with Crippen molar-refractivity contribution in [2.45, 2.75) is 6.54 Å². The van der Waals surface area contributed by atoms with Crippen molar-refractivity contribution in [3.63, 3.8) is 0 Å². The average Bonchev–Trinajstić information content (AvgIpc) is 2.42. The van der Waals surface area contributed by atoms with Crippen molar-refractivity contribution in [3.8, 4) is 6.07 Å². The van der Waals surface area contributed by atoms with Crippen molar-refractivity contribution in [2.24, 2.45) is 0 Å². The summed E-state index contributed by atoms with van der Waals surface area (Å²) >= 11 is 0. The van der Waals surface area contributed by atoms with E-state index in [0.29, 0.717) is 6.07 Å². The number of hydrogen-bond donors (Lipinski definition) is 1. The van der Waals surface area contributed by atoms with E-state index in [9.17, 15) is 17.6 Å². The van der Waals surface area contributed by atoms with Crippen LogP contribution in [-0.4, -0.2) is 0 Å². The molecule has 0 saturated carbocycles. The zero-order chi connectivity index (χ0) is 14.7. The molecule has 0 atom stereocenters. The molecule has 0 bridgehead atoms. The molecule has 2 aromatic carbocycles. The molecule has 1 N–H and O–H groups in total. The Morgan fingerprint density at radius 2 is 1.65 bits per heavy atom. The Bertz CT molecular complexity index is 692. The third kappa shape index (κ3) is 2.88. The molecule has 0 saturated heterocycles. The highest BCUT2D eigenvalue weighted by Gasteiger charge is 2.10. The van der Waals surface area contributed by atoms with Gasteiger partial charge in [-0.25, -0.2) is 17.6 Å². The Morgan fingerprint density at radius 3 is 2.35 bits per heavy atom. The molecule has 0 aliphatic rings. The van der Waals surface area contributed by atoms with Crippen LogP contribution < -0.4 is 5.32 Å². The number of nitriles is 1. The lowest BCUT2D eigenvalue weighted by atomic mass is 10.1. The van der Waals surface area contributed by atoms with Crippen LogP contribution in [0.1, 0.15) is 11.1 Å². The number of halogens is 4. The summed E-state index contributed by atoms with van der Waals surface area (Å²) < 4.78 is 52.1. The number of nitrogens with one attached hydrogen (secondary N) is 1. The number of nitrogens with zero attached hydrogens (tertiary/aromatic N) is 1. The van der Waals surface area contributed by atoms with Crippen LogP contribution in [0.5, 0.6) is 0 Å². The van der Waals surface area contributed by atoms with E-state index in [1.165, 1.54) is 6.07 Å². The summed E-state index contributed by atoms with van der Waals surface area (Å²) in [5.41, 5.74) is 0.211. The molecular formula is C14H8F4N2. The molecule has 2 nitrogen and oxygen atoms in total. The molecule has 0 radical (unpaired) electrons. The van der Waals surface area contributed by atoms with Crippen molar-refractivity contribution in [3.05, 3.63) is 64.7 Å². The predicted octanol–water partition coefficient (Wildman–Crippen LogP) is 3.73. The maximum absolute atomic E-state index is 13.4. The highest BCUT2D eigenvalue weighted by molar-refractivity contribution is 5.57. The minimum Gasteiger partial charge on any atom is -0.380 e. The quantitative estimate of drug-likeness (QED) is 0.687. The van der Waals surface area contributed by atoms with Gasteiger partial charge in [-0.15, -0.1) is 0 Å². The van der Waals surface area contributed by atoms with E-state index in [2.05, 4.69) is 5.32 Å². The van der Waals surface area contributed by atoms with Gasteiger partial charge in [0.1, 0.15) is 17.7 Å². The first-order chi connectivity index (χ1) is 9.51. The number of anilines is 1. The van der Waals surface area contributed by atoms with Crippen LogP contribution in [0.3, 0.4) is 0 Å². The van der Waals surface area contributed by atoms with Crippen molar-refractivity contribution in [1.82, 2.24) is 0 Å². The van der Waals surface area contributed by atoms with Gasteiger partial charge in [-0.2, -0.15) is 5.26 Å². The smallest absolute Gasteiger partial charge is 0.161 e. The third-order valence-corrected chi connectivity index (χ3v) is 2.66. The molecular weight excluding hydrogens is 272 g/mol. The van der Waals surface area contributed by atoms with Gasteiger partial charge in [0.05, 0.1) is 11.3 Å². The zero-order valence-corrected chi connectivity index (χ0v) is 10.1. The van der Waals surface area contributed by atoms with E-state index in [4.69, 9.17) is 5.26 Å². The summed E-state index contributed by atoms with van der Waals surface area (Å²) in [5.74, 6) is -3.92. The van der Waals surface area contributed by atoms with E-state index < -0.39 is 23.3 Å². The molecule has 20 heavy (non-hydrogen) atoms. The maximum atomic E-state index is 13.4. The van der Waals surface area contributed by atoms with E-state index in [0.717, 1.165) is 18.2 Å². The van der Waals surface area contributed by atoms with Crippen molar-refractivity contribution in [1.29, 1.82) is 5.26 Å². The lowest BCUT2D eigenvalue weighted by molar-refractivity contribution is 0.490. The van der Waals surface area contributed by atoms with Crippen LogP contribution >= 0.6 is 0 Å². The van der Waals surface area contributed by atoms with Crippen LogP contribution in [0.25, 0.3) is 0 Å². The summed E-state index contributed by atoms with van der Waals surface area (Å²) in [5, 5.41) is 11.5. The molecule has 0 unspecified atom stereocenters. The summed E-state index contributed by atoms with van der Waals surface area (Å²) in [7, 11) is 0. The van der Waals surface area contributed by atoms with Crippen LogP contribution in [0.4, 0.5) is 23.2 Å². The van der Waals surface area contributed by atoms with Crippen LogP contribution in [0.15, 0.2) is 30.3 Å². The first kappa shape index (κ1) is 13.9. The monoisotopic (exact) mass is 280 g/mol. The highest BCUT2D eigenvalue weighted by Crippen LogP contribution is 2.19. The standard InChI is InChI=1S/C14H8F4N2/c15-10-1-2-14(8(3-10)6-19)20-7-9-4-12(17)13(18)5-11(9)16/h1-5,20H,7H2. The lowest BCUT2D eigenvalue weighted by Crippen LogP contribution is -2.05. The van der Waals surface area contributed by atoms with Crippen molar-refractivity contribution >= 4 is 5.69 Å². The van der Waals surface area contributed by atoms with Gasteiger partial charge < -0.3 is 5.32 Å². The molecule has 2 aromatic rings. The Labute approximate surface area is 112 Å². The third-order valence-electron chi connectivity index (χ3n) is 2.66. The summed E-state index contributed by atoms with van der Waals surface area (Å²) in [6.45, 7) is -0.163. The van der Waals surface area contributed by atoms with E-state index >= 15 is 0 Å². The first-order valence-electron chi connectivity index (χ1n) is 5.58. The normalized spacial score (nSPS) is 10.2. The molecule has 0 aliphatic heterocycles. The van der Waals surface area contributed by atoms with Crippen LogP contribution in [-0.2, 0) is 6.54 Å². The molecule has 2 rings (SSSR count). The summed E-state index contributed by atoms with van der Waals surface area (Å²) in [6, 6.07) is 6.41. The Kier molecular flexibility index (Phi) is 3.89. The lowest BCUT2D eigenvalue weighted by Gasteiger charge is -2.09. The van der Waals surface area contributed by atoms with E-state index in [1.807, 2.05) is 0 Å². The average molecular weight is 280 g/mol. The Hall–Kier alpha value is -2.55. The van der Waals surface area contributed by atoms with Crippen LogP contribution in [0.2, 0.25) is 0 Å². The first-order valence-corrected chi connectivity index (χ1v) is 5.58. The van der Waals surface area contributed by atoms with Crippen LogP contribution in [0, 0.1) is 34.6 Å². The molecule has 0 aliphatic carbocycles. The van der Waals surface area contributed by atoms with Crippen molar-refractivity contribution in [2.75, 3.05) is 5.32 Å². The second kappa shape index (κ2) is 5.61. The molecule has 102 valence electrons. The minimum atomic E-state index is -1.27. The van der Waals surface area contributed by atoms with Gasteiger partial charge in [0, 0.05) is 18.2 Å². The fourth-order valence-electron chi connectivity index (χ4n) is 1.65. The Morgan fingerprint density at radius 1 is 0.950 bits per heavy atom. The number of hydrogen-bond acceptors (Lipinski definition) is 2. The van der Waals surface area contributed by atoms with E-state index in [-0.39, 0.29) is 23.4 Å². The largest absolute Gasteiger partial charge is 0.380 e. The topological polar surface area (TPSA) is 35.8 Å². The molecule has 0 fully saturated rings. The second-order valence-corrected chi connectivity index (χ2v) is 4.01. The van der Waals surface area contributed by atoms with Gasteiger partial charge in [-0.05, 0) is 24.3 Å². The number of benzene rings is 2. The molecule has 0 heterocycles. The summed E-state index contributed by atoms with van der Waals surface area (Å²) in [6.07, 6.45) is 0.